The number of nitrogens with zero attached hydrogens (tertiary/aromatic N) is 3. The van der Waals surface area contributed by atoms with Crippen LogP contribution in [-0.4, -0.2) is 35.7 Å². The summed E-state index contributed by atoms with van der Waals surface area (Å²) in [6.07, 6.45) is 5.58. The Morgan fingerprint density at radius 1 is 1.04 bits per heavy atom. The maximum atomic E-state index is 5.67. The van der Waals surface area contributed by atoms with E-state index in [1.807, 2.05) is 42.9 Å². The summed E-state index contributed by atoms with van der Waals surface area (Å²) in [4.78, 5) is 8.31. The van der Waals surface area contributed by atoms with Crippen molar-refractivity contribution in [3.8, 4) is 5.75 Å². The van der Waals surface area contributed by atoms with E-state index in [9.17, 15) is 0 Å². The number of ether oxygens (including phenoxy) is 1. The molecule has 27 heavy (non-hydrogen) atoms. The minimum Gasteiger partial charge on any atom is -0.492 e. The van der Waals surface area contributed by atoms with Crippen molar-refractivity contribution in [3.05, 3.63) is 84.4 Å². The van der Waals surface area contributed by atoms with E-state index < -0.39 is 0 Å². The maximum absolute atomic E-state index is 5.67. The lowest BCUT2D eigenvalue weighted by atomic mass is 10.1. The van der Waals surface area contributed by atoms with Gasteiger partial charge in [-0.15, -0.1) is 0 Å². The van der Waals surface area contributed by atoms with Crippen LogP contribution in [0.1, 0.15) is 11.1 Å². The van der Waals surface area contributed by atoms with Crippen LogP contribution in [0, 0.1) is 0 Å². The van der Waals surface area contributed by atoms with Crippen LogP contribution in [0.3, 0.4) is 0 Å². The van der Waals surface area contributed by atoms with Gasteiger partial charge in [-0.1, -0.05) is 42.5 Å². The Hall–Kier alpha value is -3.28. The van der Waals surface area contributed by atoms with Crippen LogP contribution < -0.4 is 15.4 Å². The van der Waals surface area contributed by atoms with Crippen molar-refractivity contribution in [3.63, 3.8) is 0 Å². The maximum Gasteiger partial charge on any atom is 0.191 e. The van der Waals surface area contributed by atoms with Crippen molar-refractivity contribution in [1.82, 2.24) is 20.2 Å². The van der Waals surface area contributed by atoms with Crippen LogP contribution >= 0.6 is 0 Å². The van der Waals surface area contributed by atoms with Gasteiger partial charge in [-0.25, -0.2) is 4.98 Å². The van der Waals surface area contributed by atoms with Gasteiger partial charge in [0, 0.05) is 32.5 Å². The zero-order chi connectivity index (χ0) is 18.7. The molecule has 1 heterocycles. The van der Waals surface area contributed by atoms with Gasteiger partial charge in [0.1, 0.15) is 12.4 Å². The summed E-state index contributed by atoms with van der Waals surface area (Å²) in [6, 6.07) is 18.3. The van der Waals surface area contributed by atoms with Gasteiger partial charge in [-0.2, -0.15) is 0 Å². The Bertz CT molecular complexity index is 814. The van der Waals surface area contributed by atoms with Crippen molar-refractivity contribution >= 4 is 5.96 Å². The zero-order valence-electron chi connectivity index (χ0n) is 15.5. The van der Waals surface area contributed by atoms with Gasteiger partial charge >= 0.3 is 0 Å². The molecule has 0 aliphatic heterocycles. The van der Waals surface area contributed by atoms with E-state index in [0.717, 1.165) is 18.3 Å². The van der Waals surface area contributed by atoms with Gasteiger partial charge < -0.3 is 19.9 Å². The van der Waals surface area contributed by atoms with Gasteiger partial charge in [-0.05, 0) is 23.3 Å². The summed E-state index contributed by atoms with van der Waals surface area (Å²) in [5, 5.41) is 6.57. The molecule has 0 fully saturated rings. The molecule has 0 atom stereocenters. The Morgan fingerprint density at radius 2 is 1.81 bits per heavy atom. The standard InChI is InChI=1S/C21H25N5O/c1-22-21(24-12-14-27-20-5-3-2-4-6-20)25-15-18-7-9-19(10-8-18)16-26-13-11-23-17-26/h2-11,13,17H,12,14-16H2,1H3,(H2,22,24,25). The van der Waals surface area contributed by atoms with Gasteiger partial charge in [0.05, 0.1) is 12.9 Å². The van der Waals surface area contributed by atoms with Gasteiger partial charge in [-0.3, -0.25) is 4.99 Å². The largest absolute Gasteiger partial charge is 0.492 e. The molecule has 0 unspecified atom stereocenters. The molecule has 3 aromatic rings. The smallest absolute Gasteiger partial charge is 0.191 e. The number of hydrogen-bond donors (Lipinski definition) is 2. The second-order valence-corrected chi connectivity index (χ2v) is 6.07. The molecule has 0 aliphatic rings. The summed E-state index contributed by atoms with van der Waals surface area (Å²) in [7, 11) is 1.77. The molecule has 0 saturated carbocycles. The highest BCUT2D eigenvalue weighted by Crippen LogP contribution is 2.08. The number of aliphatic imine (C=N–C) groups is 1. The fourth-order valence-electron chi connectivity index (χ4n) is 2.62. The minimum absolute atomic E-state index is 0.577. The minimum atomic E-state index is 0.577. The highest BCUT2D eigenvalue weighted by atomic mass is 16.5. The van der Waals surface area contributed by atoms with Crippen LogP contribution in [0.15, 0.2) is 78.3 Å². The second kappa shape index (κ2) is 10.0. The predicted molar refractivity (Wildman–Crippen MR) is 108 cm³/mol. The van der Waals surface area contributed by atoms with E-state index in [0.29, 0.717) is 19.7 Å². The van der Waals surface area contributed by atoms with Crippen LogP contribution in [0.2, 0.25) is 0 Å². The Labute approximate surface area is 159 Å². The van der Waals surface area contributed by atoms with Crippen molar-refractivity contribution in [2.24, 2.45) is 4.99 Å². The quantitative estimate of drug-likeness (QED) is 0.367. The fraction of sp³-hybridized carbons (Fsp3) is 0.238. The van der Waals surface area contributed by atoms with Crippen LogP contribution in [-0.2, 0) is 13.1 Å². The molecule has 6 heteroatoms. The first-order chi connectivity index (χ1) is 13.3. The highest BCUT2D eigenvalue weighted by molar-refractivity contribution is 5.79. The molecule has 0 aliphatic carbocycles. The topological polar surface area (TPSA) is 63.5 Å². The predicted octanol–water partition coefficient (Wildman–Crippen LogP) is 2.68. The molecule has 0 amide bonds. The Morgan fingerprint density at radius 3 is 2.52 bits per heavy atom. The molecule has 0 saturated heterocycles. The average Bonchev–Trinajstić information content (AvgIpc) is 3.22. The molecule has 0 radical (unpaired) electrons. The van der Waals surface area contributed by atoms with E-state index in [4.69, 9.17) is 4.74 Å². The molecule has 1 aromatic heterocycles. The first-order valence-corrected chi connectivity index (χ1v) is 8.99. The molecule has 0 spiro atoms. The van der Waals surface area contributed by atoms with Gasteiger partial charge in [0.15, 0.2) is 5.96 Å². The molecule has 2 N–H and O–H groups in total. The number of guanidine groups is 1. The SMILES string of the molecule is CN=C(NCCOc1ccccc1)NCc1ccc(Cn2ccnc2)cc1. The summed E-state index contributed by atoms with van der Waals surface area (Å²) < 4.78 is 7.72. The summed E-state index contributed by atoms with van der Waals surface area (Å²) in [5.74, 6) is 1.63. The average molecular weight is 363 g/mol. The summed E-state index contributed by atoms with van der Waals surface area (Å²) >= 11 is 0. The molecule has 3 rings (SSSR count). The van der Waals surface area contributed by atoms with Crippen LogP contribution in [0.4, 0.5) is 0 Å². The van der Waals surface area contributed by atoms with Gasteiger partial charge in [0.25, 0.3) is 0 Å². The van der Waals surface area contributed by atoms with Crippen molar-refractivity contribution in [2.45, 2.75) is 13.1 Å². The molecule has 0 bridgehead atoms. The van der Waals surface area contributed by atoms with Crippen LogP contribution in [0.5, 0.6) is 5.75 Å². The van der Waals surface area contributed by atoms with Crippen molar-refractivity contribution in [2.75, 3.05) is 20.2 Å². The third-order valence-corrected chi connectivity index (χ3v) is 4.04. The zero-order valence-corrected chi connectivity index (χ0v) is 15.5. The van der Waals surface area contributed by atoms with E-state index in [2.05, 4.69) is 49.4 Å². The lowest BCUT2D eigenvalue weighted by Crippen LogP contribution is -2.38. The molecule has 2 aromatic carbocycles. The van der Waals surface area contributed by atoms with Crippen molar-refractivity contribution in [1.29, 1.82) is 0 Å². The number of para-hydroxylation sites is 1. The third kappa shape index (κ3) is 6.18. The summed E-state index contributed by atoms with van der Waals surface area (Å²) in [6.45, 7) is 2.80. The molecular weight excluding hydrogens is 338 g/mol. The number of rotatable bonds is 8. The van der Waals surface area contributed by atoms with E-state index in [1.54, 1.807) is 13.2 Å². The number of nitrogens with one attached hydrogen (secondary N) is 2. The van der Waals surface area contributed by atoms with E-state index in [1.165, 1.54) is 11.1 Å². The molecule has 6 nitrogen and oxygen atoms in total. The van der Waals surface area contributed by atoms with Crippen molar-refractivity contribution < 1.29 is 4.74 Å². The second-order valence-electron chi connectivity index (χ2n) is 6.07. The first-order valence-electron chi connectivity index (χ1n) is 8.99. The lowest BCUT2D eigenvalue weighted by molar-refractivity contribution is 0.322. The van der Waals surface area contributed by atoms with Gasteiger partial charge in [0.2, 0.25) is 0 Å². The third-order valence-electron chi connectivity index (χ3n) is 4.04. The number of aromatic nitrogens is 2. The number of imidazole rings is 1. The van der Waals surface area contributed by atoms with E-state index >= 15 is 0 Å². The summed E-state index contributed by atoms with van der Waals surface area (Å²) in [5.41, 5.74) is 2.45. The normalized spacial score (nSPS) is 11.2. The Kier molecular flexibility index (Phi) is 6.86. The van der Waals surface area contributed by atoms with E-state index in [-0.39, 0.29) is 0 Å². The highest BCUT2D eigenvalue weighted by Gasteiger charge is 2.00. The molecular formula is C21H25N5O. The Balaban J connectivity index is 1.38. The van der Waals surface area contributed by atoms with Crippen LogP contribution in [0.25, 0.3) is 0 Å². The number of benzene rings is 2. The lowest BCUT2D eigenvalue weighted by Gasteiger charge is -2.13. The fourth-order valence-corrected chi connectivity index (χ4v) is 2.62. The monoisotopic (exact) mass is 363 g/mol. The number of hydrogen-bond acceptors (Lipinski definition) is 3. The molecule has 140 valence electrons. The first kappa shape index (κ1) is 18.5.